The zero-order valence-electron chi connectivity index (χ0n) is 10.2. The van der Waals surface area contributed by atoms with Crippen LogP contribution in [0.3, 0.4) is 0 Å². The van der Waals surface area contributed by atoms with Gasteiger partial charge in [-0.3, -0.25) is 0 Å². The second-order valence-corrected chi connectivity index (χ2v) is 5.05. The number of aromatic nitrogens is 1. The predicted octanol–water partition coefficient (Wildman–Crippen LogP) is 4.31. The van der Waals surface area contributed by atoms with E-state index in [9.17, 15) is 0 Å². The fourth-order valence-corrected chi connectivity index (χ4v) is 2.84. The largest absolute Gasteiger partial charge is 0.461 e. The van der Waals surface area contributed by atoms with Crippen molar-refractivity contribution in [3.8, 4) is 11.3 Å². The molecule has 4 rings (SSSR count). The van der Waals surface area contributed by atoms with Gasteiger partial charge in [0.25, 0.3) is 0 Å². The number of aromatic amines is 1. The van der Waals surface area contributed by atoms with E-state index in [0.717, 1.165) is 12.2 Å². The number of fused-ring (bicyclic) bond motifs is 2. The van der Waals surface area contributed by atoms with Crippen LogP contribution < -0.4 is 0 Å². The van der Waals surface area contributed by atoms with Gasteiger partial charge in [0.05, 0.1) is 0 Å². The number of hydrogen-bond acceptors (Lipinski definition) is 1. The van der Waals surface area contributed by atoms with Gasteiger partial charge in [0.2, 0.25) is 0 Å². The Bertz CT molecular complexity index is 681. The zero-order valence-corrected chi connectivity index (χ0v) is 10.2. The van der Waals surface area contributed by atoms with Crippen molar-refractivity contribution >= 4 is 10.9 Å². The van der Waals surface area contributed by atoms with Crippen molar-refractivity contribution in [2.75, 3.05) is 0 Å². The average Bonchev–Trinajstić information content (AvgIpc) is 3.04. The summed E-state index contributed by atoms with van der Waals surface area (Å²) in [5, 5.41) is 1.24. The minimum Gasteiger partial charge on any atom is -0.461 e. The highest BCUT2D eigenvalue weighted by molar-refractivity contribution is 5.84. The molecule has 0 saturated heterocycles. The second kappa shape index (κ2) is 3.77. The maximum absolute atomic E-state index is 6.01. The molecule has 0 saturated carbocycles. The first-order valence-electron chi connectivity index (χ1n) is 6.59. The zero-order chi connectivity index (χ0) is 11.9. The van der Waals surface area contributed by atoms with Gasteiger partial charge < -0.3 is 9.40 Å². The fourth-order valence-electron chi connectivity index (χ4n) is 2.84. The van der Waals surface area contributed by atoms with E-state index in [4.69, 9.17) is 4.42 Å². The smallest absolute Gasteiger partial charge is 0.134 e. The molecule has 0 spiro atoms. The number of furan rings is 1. The monoisotopic (exact) mass is 237 g/mol. The molecule has 1 aliphatic carbocycles. The maximum atomic E-state index is 6.01. The highest BCUT2D eigenvalue weighted by Crippen LogP contribution is 2.31. The lowest BCUT2D eigenvalue weighted by atomic mass is 9.98. The van der Waals surface area contributed by atoms with Gasteiger partial charge in [-0.1, -0.05) is 0 Å². The van der Waals surface area contributed by atoms with Crippen LogP contribution in [0.1, 0.15) is 24.2 Å². The Hall–Kier alpha value is -1.96. The Morgan fingerprint density at radius 1 is 1.00 bits per heavy atom. The quantitative estimate of drug-likeness (QED) is 0.671. The van der Waals surface area contributed by atoms with Gasteiger partial charge >= 0.3 is 0 Å². The molecule has 90 valence electrons. The highest BCUT2D eigenvalue weighted by atomic mass is 16.3. The van der Waals surface area contributed by atoms with Crippen LogP contribution in [-0.4, -0.2) is 4.98 Å². The minimum absolute atomic E-state index is 1.02. The second-order valence-electron chi connectivity index (χ2n) is 5.05. The Balaban J connectivity index is 1.83. The standard InChI is InChI=1S/C16H15NO/c1-2-4-15-12(3-1)10-16(18-15)13-5-6-14-11(9-13)7-8-17-14/h5-10,17H,1-4H2. The van der Waals surface area contributed by atoms with Crippen LogP contribution in [0, 0.1) is 0 Å². The Morgan fingerprint density at radius 2 is 1.94 bits per heavy atom. The number of aryl methyl sites for hydroxylation is 2. The summed E-state index contributed by atoms with van der Waals surface area (Å²) in [6.07, 6.45) is 6.80. The van der Waals surface area contributed by atoms with Crippen molar-refractivity contribution in [3.05, 3.63) is 47.9 Å². The van der Waals surface area contributed by atoms with Crippen LogP contribution in [-0.2, 0) is 12.8 Å². The molecule has 2 heteroatoms. The molecule has 1 N–H and O–H groups in total. The van der Waals surface area contributed by atoms with E-state index in [1.807, 2.05) is 6.20 Å². The van der Waals surface area contributed by atoms with Crippen LogP contribution in [0.5, 0.6) is 0 Å². The molecule has 2 nitrogen and oxygen atoms in total. The topological polar surface area (TPSA) is 28.9 Å². The number of H-pyrrole nitrogens is 1. The first-order valence-corrected chi connectivity index (χ1v) is 6.59. The summed E-state index contributed by atoms with van der Waals surface area (Å²) in [4.78, 5) is 3.22. The lowest BCUT2D eigenvalue weighted by molar-refractivity contribution is 0.487. The summed E-state index contributed by atoms with van der Waals surface area (Å²) in [5.41, 5.74) is 3.76. The van der Waals surface area contributed by atoms with Crippen molar-refractivity contribution in [3.63, 3.8) is 0 Å². The molecule has 2 aromatic heterocycles. The van der Waals surface area contributed by atoms with E-state index in [1.54, 1.807) is 0 Å². The Kier molecular flexibility index (Phi) is 2.10. The molecular formula is C16H15NO. The van der Waals surface area contributed by atoms with Crippen LogP contribution in [0.15, 0.2) is 40.9 Å². The van der Waals surface area contributed by atoms with Crippen LogP contribution >= 0.6 is 0 Å². The molecule has 0 unspecified atom stereocenters. The van der Waals surface area contributed by atoms with Gasteiger partial charge in [0.15, 0.2) is 0 Å². The Morgan fingerprint density at radius 3 is 2.89 bits per heavy atom. The molecule has 2 heterocycles. The first kappa shape index (κ1) is 10.0. The number of benzene rings is 1. The average molecular weight is 237 g/mol. The molecule has 3 aromatic rings. The lowest BCUT2D eigenvalue weighted by Gasteiger charge is -2.07. The third-order valence-corrected chi connectivity index (χ3v) is 3.83. The predicted molar refractivity (Wildman–Crippen MR) is 72.6 cm³/mol. The summed E-state index contributed by atoms with van der Waals surface area (Å²) >= 11 is 0. The van der Waals surface area contributed by atoms with Crippen LogP contribution in [0.2, 0.25) is 0 Å². The van der Waals surface area contributed by atoms with Crippen molar-refractivity contribution in [2.24, 2.45) is 0 Å². The van der Waals surface area contributed by atoms with Gasteiger partial charge in [-0.15, -0.1) is 0 Å². The number of rotatable bonds is 1. The maximum Gasteiger partial charge on any atom is 0.134 e. The van der Waals surface area contributed by atoms with Crippen LogP contribution in [0.25, 0.3) is 22.2 Å². The molecule has 0 atom stereocenters. The molecule has 0 radical (unpaired) electrons. The van der Waals surface area contributed by atoms with E-state index >= 15 is 0 Å². The van der Waals surface area contributed by atoms with Crippen molar-refractivity contribution < 1.29 is 4.42 Å². The highest BCUT2D eigenvalue weighted by Gasteiger charge is 2.16. The first-order chi connectivity index (χ1) is 8.90. The van der Waals surface area contributed by atoms with Crippen molar-refractivity contribution in [1.29, 1.82) is 0 Å². The van der Waals surface area contributed by atoms with Crippen molar-refractivity contribution in [1.82, 2.24) is 4.98 Å². The fraction of sp³-hybridized carbons (Fsp3) is 0.250. The summed E-state index contributed by atoms with van der Waals surface area (Å²) in [7, 11) is 0. The lowest BCUT2D eigenvalue weighted by Crippen LogP contribution is -1.97. The van der Waals surface area contributed by atoms with E-state index in [-0.39, 0.29) is 0 Å². The van der Waals surface area contributed by atoms with Gasteiger partial charge in [-0.2, -0.15) is 0 Å². The molecule has 1 aromatic carbocycles. The molecule has 0 amide bonds. The third-order valence-electron chi connectivity index (χ3n) is 3.83. The Labute approximate surface area is 106 Å². The van der Waals surface area contributed by atoms with Gasteiger partial charge in [0, 0.05) is 29.1 Å². The summed E-state index contributed by atoms with van der Waals surface area (Å²) in [6.45, 7) is 0. The van der Waals surface area contributed by atoms with E-state index in [1.165, 1.54) is 47.1 Å². The number of nitrogens with one attached hydrogen (secondary N) is 1. The van der Waals surface area contributed by atoms with Crippen LogP contribution in [0.4, 0.5) is 0 Å². The molecular weight excluding hydrogens is 222 g/mol. The number of hydrogen-bond donors (Lipinski definition) is 1. The third kappa shape index (κ3) is 1.49. The molecule has 0 aliphatic heterocycles. The summed E-state index contributed by atoms with van der Waals surface area (Å²) in [5.74, 6) is 2.22. The molecule has 18 heavy (non-hydrogen) atoms. The summed E-state index contributed by atoms with van der Waals surface area (Å²) in [6, 6.07) is 10.8. The van der Waals surface area contributed by atoms with Gasteiger partial charge in [-0.05, 0) is 55.2 Å². The minimum atomic E-state index is 1.02. The van der Waals surface area contributed by atoms with E-state index < -0.39 is 0 Å². The van der Waals surface area contributed by atoms with Gasteiger partial charge in [-0.25, -0.2) is 0 Å². The van der Waals surface area contributed by atoms with Gasteiger partial charge in [0.1, 0.15) is 11.5 Å². The molecule has 1 aliphatic rings. The van der Waals surface area contributed by atoms with E-state index in [2.05, 4.69) is 35.3 Å². The molecule has 0 fully saturated rings. The SMILES string of the molecule is c1cc2cc(-c3cc4c(o3)CCCC4)ccc2[nH]1. The molecule has 0 bridgehead atoms. The van der Waals surface area contributed by atoms with E-state index in [0.29, 0.717) is 0 Å². The summed E-state index contributed by atoms with van der Waals surface area (Å²) < 4.78 is 6.01. The van der Waals surface area contributed by atoms with Crippen molar-refractivity contribution in [2.45, 2.75) is 25.7 Å². The normalized spacial score (nSPS) is 14.9.